The second-order valence-electron chi connectivity index (χ2n) is 6.28. The van der Waals surface area contributed by atoms with Crippen LogP contribution in [0.1, 0.15) is 12.5 Å². The summed E-state index contributed by atoms with van der Waals surface area (Å²) in [7, 11) is -3.53. The number of carbonyl (C=O) groups is 1. The molecule has 1 aliphatic heterocycles. The van der Waals surface area contributed by atoms with Crippen LogP contribution in [0.3, 0.4) is 0 Å². The highest BCUT2D eigenvalue weighted by molar-refractivity contribution is 7.92. The van der Waals surface area contributed by atoms with Gasteiger partial charge in [-0.25, -0.2) is 12.8 Å². The van der Waals surface area contributed by atoms with E-state index in [0.29, 0.717) is 18.7 Å². The fourth-order valence-electron chi connectivity index (χ4n) is 2.95. The molecule has 1 heterocycles. The summed E-state index contributed by atoms with van der Waals surface area (Å²) >= 11 is 0. The van der Waals surface area contributed by atoms with E-state index in [9.17, 15) is 17.6 Å². The van der Waals surface area contributed by atoms with Crippen LogP contribution in [0.5, 0.6) is 5.75 Å². The van der Waals surface area contributed by atoms with Crippen molar-refractivity contribution in [2.75, 3.05) is 23.1 Å². The minimum Gasteiger partial charge on any atom is -0.481 e. The Kier molecular flexibility index (Phi) is 5.65. The summed E-state index contributed by atoms with van der Waals surface area (Å²) < 4.78 is 45.1. The lowest BCUT2D eigenvalue weighted by Crippen LogP contribution is -2.41. The molecule has 8 heteroatoms. The zero-order valence-electron chi connectivity index (χ0n) is 14.9. The van der Waals surface area contributed by atoms with E-state index >= 15 is 0 Å². The quantitative estimate of drug-likeness (QED) is 0.783. The second kappa shape index (κ2) is 7.96. The number of ether oxygens (including phenoxy) is 1. The van der Waals surface area contributed by atoms with Gasteiger partial charge in [-0.1, -0.05) is 24.3 Å². The molecule has 0 spiro atoms. The van der Waals surface area contributed by atoms with Crippen molar-refractivity contribution >= 4 is 21.6 Å². The van der Waals surface area contributed by atoms with E-state index in [1.54, 1.807) is 18.2 Å². The summed E-state index contributed by atoms with van der Waals surface area (Å²) in [6.07, 6.45) is -0.192. The zero-order valence-corrected chi connectivity index (χ0v) is 15.7. The highest BCUT2D eigenvalue weighted by Gasteiger charge is 2.29. The molecule has 0 fully saturated rings. The number of rotatable bonds is 7. The number of halogens is 1. The van der Waals surface area contributed by atoms with Crippen LogP contribution in [0.2, 0.25) is 0 Å². The van der Waals surface area contributed by atoms with E-state index in [-0.39, 0.29) is 18.0 Å². The normalized spacial score (nSPS) is 14.5. The van der Waals surface area contributed by atoms with Crippen LogP contribution < -0.4 is 14.4 Å². The highest BCUT2D eigenvalue weighted by atomic mass is 32.2. The van der Waals surface area contributed by atoms with Crippen molar-refractivity contribution in [1.82, 2.24) is 5.32 Å². The lowest BCUT2D eigenvalue weighted by Gasteiger charge is -2.20. The Morgan fingerprint density at radius 2 is 2.04 bits per heavy atom. The lowest BCUT2D eigenvalue weighted by atomic mass is 10.2. The zero-order chi connectivity index (χ0) is 19.4. The van der Waals surface area contributed by atoms with Gasteiger partial charge in [0.1, 0.15) is 11.6 Å². The predicted molar refractivity (Wildman–Crippen MR) is 101 cm³/mol. The molecule has 1 N–H and O–H groups in total. The molecule has 1 aliphatic rings. The van der Waals surface area contributed by atoms with Crippen LogP contribution in [0.4, 0.5) is 10.1 Å². The first-order valence-electron chi connectivity index (χ1n) is 8.65. The maximum atomic E-state index is 13.2. The van der Waals surface area contributed by atoms with Gasteiger partial charge < -0.3 is 10.1 Å². The van der Waals surface area contributed by atoms with Gasteiger partial charge in [-0.05, 0) is 37.1 Å². The van der Waals surface area contributed by atoms with Crippen molar-refractivity contribution < 1.29 is 22.3 Å². The van der Waals surface area contributed by atoms with Gasteiger partial charge >= 0.3 is 0 Å². The first kappa shape index (κ1) is 19.2. The van der Waals surface area contributed by atoms with Gasteiger partial charge in [-0.2, -0.15) is 0 Å². The van der Waals surface area contributed by atoms with Gasteiger partial charge in [0, 0.05) is 19.2 Å². The maximum Gasteiger partial charge on any atom is 0.260 e. The fourth-order valence-corrected chi connectivity index (χ4v) is 4.38. The number of nitrogens with one attached hydrogen (secondary N) is 1. The first-order valence-corrected chi connectivity index (χ1v) is 10.3. The molecule has 27 heavy (non-hydrogen) atoms. The molecule has 0 saturated carbocycles. The van der Waals surface area contributed by atoms with Gasteiger partial charge in [-0.3, -0.25) is 9.10 Å². The van der Waals surface area contributed by atoms with Crippen molar-refractivity contribution in [3.8, 4) is 5.75 Å². The Labute approximate surface area is 158 Å². The number of fused-ring (bicyclic) bond motifs is 1. The van der Waals surface area contributed by atoms with E-state index in [1.165, 1.54) is 29.4 Å². The predicted octanol–water partition coefficient (Wildman–Crippen LogP) is 2.10. The van der Waals surface area contributed by atoms with Gasteiger partial charge in [0.05, 0.1) is 11.4 Å². The number of sulfonamides is 1. The molecule has 1 atom stereocenters. The van der Waals surface area contributed by atoms with Crippen LogP contribution in [0.15, 0.2) is 48.5 Å². The topological polar surface area (TPSA) is 75.7 Å². The SMILES string of the molecule is CC(Oc1cccc(F)c1)C(=O)NCCS(=O)(=O)N1CCc2ccccc21. The Morgan fingerprint density at radius 3 is 2.81 bits per heavy atom. The molecule has 0 aromatic heterocycles. The highest BCUT2D eigenvalue weighted by Crippen LogP contribution is 2.29. The molecule has 144 valence electrons. The molecule has 2 aromatic rings. The summed E-state index contributed by atoms with van der Waals surface area (Å²) in [5.74, 6) is -0.896. The van der Waals surface area contributed by atoms with E-state index < -0.39 is 27.9 Å². The molecule has 1 amide bonds. The van der Waals surface area contributed by atoms with Gasteiger partial charge in [0.25, 0.3) is 5.91 Å². The molecule has 0 radical (unpaired) electrons. The van der Waals surface area contributed by atoms with E-state index in [4.69, 9.17) is 4.74 Å². The molecular formula is C19H21FN2O4S. The second-order valence-corrected chi connectivity index (χ2v) is 8.29. The largest absolute Gasteiger partial charge is 0.481 e. The minimum atomic E-state index is -3.53. The van der Waals surface area contributed by atoms with Crippen molar-refractivity contribution in [2.24, 2.45) is 0 Å². The van der Waals surface area contributed by atoms with E-state index in [1.807, 2.05) is 12.1 Å². The number of benzene rings is 2. The average molecular weight is 392 g/mol. The van der Waals surface area contributed by atoms with Crippen molar-refractivity contribution in [1.29, 1.82) is 0 Å². The van der Waals surface area contributed by atoms with Crippen molar-refractivity contribution in [2.45, 2.75) is 19.4 Å². The van der Waals surface area contributed by atoms with Gasteiger partial charge in [0.2, 0.25) is 10.0 Å². The summed E-state index contributed by atoms with van der Waals surface area (Å²) in [4.78, 5) is 12.1. The number of amides is 1. The Morgan fingerprint density at radius 1 is 1.26 bits per heavy atom. The van der Waals surface area contributed by atoms with Crippen LogP contribution >= 0.6 is 0 Å². The molecule has 0 aliphatic carbocycles. The Hall–Kier alpha value is -2.61. The number of anilines is 1. The van der Waals surface area contributed by atoms with Crippen LogP contribution in [0, 0.1) is 5.82 Å². The molecule has 1 unspecified atom stereocenters. The van der Waals surface area contributed by atoms with E-state index in [0.717, 1.165) is 5.56 Å². The third-order valence-corrected chi connectivity index (χ3v) is 6.09. The Balaban J connectivity index is 1.52. The summed E-state index contributed by atoms with van der Waals surface area (Å²) in [6.45, 7) is 1.90. The first-order chi connectivity index (χ1) is 12.9. The van der Waals surface area contributed by atoms with Crippen molar-refractivity contribution in [3.63, 3.8) is 0 Å². The number of nitrogens with zero attached hydrogens (tertiary/aromatic N) is 1. The summed E-state index contributed by atoms with van der Waals surface area (Å²) in [5.41, 5.74) is 1.70. The molecule has 2 aromatic carbocycles. The summed E-state index contributed by atoms with van der Waals surface area (Å²) in [5, 5.41) is 2.56. The third kappa shape index (κ3) is 4.57. The molecule has 6 nitrogen and oxygen atoms in total. The lowest BCUT2D eigenvalue weighted by molar-refractivity contribution is -0.127. The fraction of sp³-hybridized carbons (Fsp3) is 0.316. The monoisotopic (exact) mass is 392 g/mol. The van der Waals surface area contributed by atoms with Crippen LogP contribution in [0.25, 0.3) is 0 Å². The standard InChI is InChI=1S/C19H21FN2O4S/c1-14(26-17-7-4-6-16(20)13-17)19(23)21-10-12-27(24,25)22-11-9-15-5-2-3-8-18(15)22/h2-8,13-14H,9-12H2,1H3,(H,21,23). The number of para-hydroxylation sites is 1. The van der Waals surface area contributed by atoms with Crippen LogP contribution in [-0.4, -0.2) is 39.3 Å². The Bertz CT molecular complexity index is 933. The maximum absolute atomic E-state index is 13.2. The molecular weight excluding hydrogens is 371 g/mol. The molecule has 0 saturated heterocycles. The van der Waals surface area contributed by atoms with Gasteiger partial charge in [-0.15, -0.1) is 0 Å². The number of hydrogen-bond acceptors (Lipinski definition) is 4. The smallest absolute Gasteiger partial charge is 0.260 e. The van der Waals surface area contributed by atoms with Crippen LogP contribution in [-0.2, 0) is 21.2 Å². The van der Waals surface area contributed by atoms with Crippen molar-refractivity contribution in [3.05, 3.63) is 59.9 Å². The molecule has 0 bridgehead atoms. The third-order valence-electron chi connectivity index (χ3n) is 4.32. The number of hydrogen-bond donors (Lipinski definition) is 1. The minimum absolute atomic E-state index is 0.0311. The molecule has 3 rings (SSSR count). The van der Waals surface area contributed by atoms with E-state index in [2.05, 4.69) is 5.32 Å². The number of carbonyl (C=O) groups excluding carboxylic acids is 1. The van der Waals surface area contributed by atoms with Gasteiger partial charge in [0.15, 0.2) is 6.10 Å². The average Bonchev–Trinajstić information content (AvgIpc) is 3.06. The summed E-state index contributed by atoms with van der Waals surface area (Å²) in [6, 6.07) is 12.9.